The summed E-state index contributed by atoms with van der Waals surface area (Å²) in [5.74, 6) is 0.368. The van der Waals surface area contributed by atoms with Crippen LogP contribution in [0.3, 0.4) is 0 Å². The molecule has 7 nitrogen and oxygen atoms in total. The van der Waals surface area contributed by atoms with Crippen LogP contribution in [0.15, 0.2) is 24.3 Å². The number of nitrogen functional groups attached to an aromatic ring is 1. The van der Waals surface area contributed by atoms with Crippen LogP contribution in [0.2, 0.25) is 10.0 Å². The van der Waals surface area contributed by atoms with Gasteiger partial charge in [-0.25, -0.2) is 0 Å². The van der Waals surface area contributed by atoms with Gasteiger partial charge in [0.2, 0.25) is 5.88 Å². The van der Waals surface area contributed by atoms with Crippen molar-refractivity contribution in [2.24, 2.45) is 0 Å². The quantitative estimate of drug-likeness (QED) is 0.678. The van der Waals surface area contributed by atoms with Gasteiger partial charge in [0.15, 0.2) is 11.5 Å². The highest BCUT2D eigenvalue weighted by molar-refractivity contribution is 6.36. The lowest BCUT2D eigenvalue weighted by molar-refractivity contribution is -0.384. The summed E-state index contributed by atoms with van der Waals surface area (Å²) in [4.78, 5) is 14.1. The van der Waals surface area contributed by atoms with Crippen LogP contribution in [-0.2, 0) is 0 Å². The molecule has 1 aromatic heterocycles. The average molecular weight is 330 g/mol. The molecule has 9 heteroatoms. The number of methoxy groups -OCH3 is 1. The van der Waals surface area contributed by atoms with Crippen LogP contribution >= 0.6 is 23.2 Å². The Morgan fingerprint density at radius 1 is 1.24 bits per heavy atom. The molecule has 0 saturated carbocycles. The second-order valence-electron chi connectivity index (χ2n) is 3.84. The Morgan fingerprint density at radius 3 is 2.57 bits per heavy atom. The average Bonchev–Trinajstić information content (AvgIpc) is 2.44. The third-order valence-electron chi connectivity index (χ3n) is 2.49. The highest BCUT2D eigenvalue weighted by atomic mass is 35.5. The number of halogens is 2. The van der Waals surface area contributed by atoms with E-state index in [1.54, 1.807) is 0 Å². The molecule has 0 bridgehead atoms. The molecule has 0 aliphatic carbocycles. The molecule has 0 saturated heterocycles. The van der Waals surface area contributed by atoms with Gasteiger partial charge in [0, 0.05) is 6.07 Å². The second kappa shape index (κ2) is 6.02. The second-order valence-corrected chi connectivity index (χ2v) is 4.65. The Labute approximate surface area is 129 Å². The van der Waals surface area contributed by atoms with E-state index in [0.29, 0.717) is 0 Å². The van der Waals surface area contributed by atoms with Gasteiger partial charge in [0.25, 0.3) is 5.69 Å². The van der Waals surface area contributed by atoms with E-state index in [1.807, 2.05) is 0 Å². The lowest BCUT2D eigenvalue weighted by atomic mass is 10.3. The van der Waals surface area contributed by atoms with Crippen molar-refractivity contribution in [1.82, 2.24) is 4.98 Å². The maximum Gasteiger partial charge on any atom is 0.273 e. The van der Waals surface area contributed by atoms with E-state index in [-0.39, 0.29) is 38.9 Å². The first-order valence-electron chi connectivity index (χ1n) is 5.54. The first-order chi connectivity index (χ1) is 9.92. The molecular weight excluding hydrogens is 321 g/mol. The summed E-state index contributed by atoms with van der Waals surface area (Å²) >= 11 is 11.7. The zero-order valence-corrected chi connectivity index (χ0v) is 12.2. The zero-order chi connectivity index (χ0) is 15.6. The van der Waals surface area contributed by atoms with E-state index >= 15 is 0 Å². The summed E-state index contributed by atoms with van der Waals surface area (Å²) in [6.45, 7) is 0. The standard InChI is InChI=1S/C12H9Cl2N3O4/c1-20-9-3-2-6(17(18)19)4-10(9)21-12-8(14)5-7(13)11(15)16-12/h2-5H,1H3,(H2,15,16). The van der Waals surface area contributed by atoms with E-state index < -0.39 is 4.92 Å². The minimum absolute atomic E-state index is 0.0282. The first kappa shape index (κ1) is 15.1. The molecule has 110 valence electrons. The number of hydrogen-bond donors (Lipinski definition) is 1. The number of nitro benzene ring substituents is 1. The Morgan fingerprint density at radius 2 is 1.95 bits per heavy atom. The summed E-state index contributed by atoms with van der Waals surface area (Å²) < 4.78 is 10.5. The van der Waals surface area contributed by atoms with E-state index in [2.05, 4.69) is 4.98 Å². The Kier molecular flexibility index (Phi) is 4.35. The number of nitrogens with zero attached hydrogens (tertiary/aromatic N) is 2. The van der Waals surface area contributed by atoms with E-state index in [9.17, 15) is 10.1 Å². The summed E-state index contributed by atoms with van der Waals surface area (Å²) in [5.41, 5.74) is 5.41. The fourth-order valence-corrected chi connectivity index (χ4v) is 1.89. The summed E-state index contributed by atoms with van der Waals surface area (Å²) in [7, 11) is 1.40. The van der Waals surface area contributed by atoms with Crippen LogP contribution in [0.4, 0.5) is 11.5 Å². The number of anilines is 1. The summed E-state index contributed by atoms with van der Waals surface area (Å²) in [5, 5.41) is 11.1. The number of non-ortho nitro benzene ring substituents is 1. The van der Waals surface area contributed by atoms with Crippen LogP contribution in [0.1, 0.15) is 0 Å². The number of nitrogens with two attached hydrogens (primary N) is 1. The maximum absolute atomic E-state index is 10.8. The van der Waals surface area contributed by atoms with Crippen molar-refractivity contribution >= 4 is 34.7 Å². The molecule has 0 unspecified atom stereocenters. The van der Waals surface area contributed by atoms with Crippen LogP contribution in [0.25, 0.3) is 0 Å². The van der Waals surface area contributed by atoms with Gasteiger partial charge in [0.1, 0.15) is 10.8 Å². The molecule has 2 aromatic rings. The topological polar surface area (TPSA) is 101 Å². The molecule has 0 amide bonds. The number of nitro groups is 1. The van der Waals surface area contributed by atoms with Crippen molar-refractivity contribution < 1.29 is 14.4 Å². The number of hydrogen-bond acceptors (Lipinski definition) is 6. The van der Waals surface area contributed by atoms with Gasteiger partial charge < -0.3 is 15.2 Å². The molecule has 0 aliphatic rings. The van der Waals surface area contributed by atoms with E-state index in [0.717, 1.165) is 0 Å². The predicted molar refractivity (Wildman–Crippen MR) is 78.4 cm³/mol. The molecule has 2 rings (SSSR count). The minimum atomic E-state index is -0.558. The lowest BCUT2D eigenvalue weighted by Crippen LogP contribution is -1.98. The molecule has 1 aromatic carbocycles. The minimum Gasteiger partial charge on any atom is -0.493 e. The van der Waals surface area contributed by atoms with Gasteiger partial charge in [-0.1, -0.05) is 23.2 Å². The number of aromatic nitrogens is 1. The van der Waals surface area contributed by atoms with Gasteiger partial charge >= 0.3 is 0 Å². The van der Waals surface area contributed by atoms with Crippen molar-refractivity contribution in [3.05, 3.63) is 44.4 Å². The van der Waals surface area contributed by atoms with Gasteiger partial charge in [-0.3, -0.25) is 10.1 Å². The highest BCUT2D eigenvalue weighted by Crippen LogP contribution is 2.38. The van der Waals surface area contributed by atoms with E-state index in [1.165, 1.54) is 31.4 Å². The predicted octanol–water partition coefficient (Wildman–Crippen LogP) is 3.68. The summed E-state index contributed by atoms with van der Waals surface area (Å²) in [6, 6.07) is 5.25. The number of ether oxygens (including phenoxy) is 2. The molecule has 0 fully saturated rings. The zero-order valence-electron chi connectivity index (χ0n) is 10.7. The van der Waals surface area contributed by atoms with Gasteiger partial charge in [-0.05, 0) is 12.1 Å². The molecular formula is C12H9Cl2N3O4. The van der Waals surface area contributed by atoms with Crippen LogP contribution < -0.4 is 15.2 Å². The van der Waals surface area contributed by atoms with Gasteiger partial charge in [0.05, 0.1) is 23.1 Å². The smallest absolute Gasteiger partial charge is 0.273 e. The van der Waals surface area contributed by atoms with Crippen LogP contribution in [0, 0.1) is 10.1 Å². The molecule has 0 atom stereocenters. The largest absolute Gasteiger partial charge is 0.493 e. The van der Waals surface area contributed by atoms with Crippen LogP contribution in [-0.4, -0.2) is 17.0 Å². The van der Waals surface area contributed by atoms with Gasteiger partial charge in [-0.2, -0.15) is 4.98 Å². The molecule has 0 spiro atoms. The van der Waals surface area contributed by atoms with Crippen molar-refractivity contribution in [2.75, 3.05) is 12.8 Å². The highest BCUT2D eigenvalue weighted by Gasteiger charge is 2.16. The Balaban J connectivity index is 2.45. The normalized spacial score (nSPS) is 10.2. The van der Waals surface area contributed by atoms with Gasteiger partial charge in [-0.15, -0.1) is 0 Å². The van der Waals surface area contributed by atoms with Crippen molar-refractivity contribution in [1.29, 1.82) is 0 Å². The maximum atomic E-state index is 10.8. The fourth-order valence-electron chi connectivity index (χ4n) is 1.50. The number of benzene rings is 1. The van der Waals surface area contributed by atoms with E-state index in [4.69, 9.17) is 38.4 Å². The molecule has 1 heterocycles. The Bertz CT molecular complexity index is 709. The molecule has 2 N–H and O–H groups in total. The molecule has 0 aliphatic heterocycles. The Hall–Kier alpha value is -2.25. The third kappa shape index (κ3) is 3.26. The van der Waals surface area contributed by atoms with Crippen LogP contribution in [0.5, 0.6) is 17.4 Å². The third-order valence-corrected chi connectivity index (χ3v) is 3.06. The monoisotopic (exact) mass is 329 g/mol. The van der Waals surface area contributed by atoms with Crippen molar-refractivity contribution in [3.8, 4) is 17.4 Å². The van der Waals surface area contributed by atoms with Crippen molar-refractivity contribution in [3.63, 3.8) is 0 Å². The van der Waals surface area contributed by atoms with Crippen molar-refractivity contribution in [2.45, 2.75) is 0 Å². The SMILES string of the molecule is COc1ccc([N+](=O)[O-])cc1Oc1nc(N)c(Cl)cc1Cl. The lowest BCUT2D eigenvalue weighted by Gasteiger charge is -2.11. The first-order valence-corrected chi connectivity index (χ1v) is 6.29. The molecule has 0 radical (unpaired) electrons. The summed E-state index contributed by atoms with van der Waals surface area (Å²) in [6.07, 6.45) is 0. The number of rotatable bonds is 4. The fraction of sp³-hybridized carbons (Fsp3) is 0.0833. The molecule has 21 heavy (non-hydrogen) atoms. The number of pyridine rings is 1.